The van der Waals surface area contributed by atoms with E-state index < -0.39 is 0 Å². The summed E-state index contributed by atoms with van der Waals surface area (Å²) in [4.78, 5) is 14.4. The smallest absolute Gasteiger partial charge is 0.224 e. The number of para-hydroxylation sites is 1. The Kier molecular flexibility index (Phi) is 4.89. The van der Waals surface area contributed by atoms with Gasteiger partial charge in [-0.3, -0.25) is 4.79 Å². The van der Waals surface area contributed by atoms with E-state index in [-0.39, 0.29) is 5.91 Å². The van der Waals surface area contributed by atoms with Gasteiger partial charge in [-0.25, -0.2) is 0 Å². The van der Waals surface area contributed by atoms with Crippen LogP contribution in [0.2, 0.25) is 0 Å². The lowest BCUT2D eigenvalue weighted by molar-refractivity contribution is -0.116. The minimum atomic E-state index is -0.0137. The lowest BCUT2D eigenvalue weighted by Gasteiger charge is -2.28. The number of amides is 1. The van der Waals surface area contributed by atoms with Crippen LogP contribution in [0.3, 0.4) is 0 Å². The summed E-state index contributed by atoms with van der Waals surface area (Å²) < 4.78 is 10.9. The molecule has 0 fully saturated rings. The van der Waals surface area contributed by atoms with E-state index in [1.54, 1.807) is 7.11 Å². The van der Waals surface area contributed by atoms with Gasteiger partial charge in [0.15, 0.2) is 0 Å². The molecule has 24 heavy (non-hydrogen) atoms. The highest BCUT2D eigenvalue weighted by Gasteiger charge is 2.15. The number of carbonyl (C=O) groups is 1. The van der Waals surface area contributed by atoms with Gasteiger partial charge in [-0.05, 0) is 36.2 Å². The molecule has 1 aliphatic rings. The first-order chi connectivity index (χ1) is 11.7. The first-order valence-electron chi connectivity index (χ1n) is 8.07. The van der Waals surface area contributed by atoms with E-state index in [4.69, 9.17) is 9.47 Å². The normalized spacial score (nSPS) is 13.0. The Balaban J connectivity index is 1.62. The van der Waals surface area contributed by atoms with E-state index >= 15 is 0 Å². The molecule has 1 amide bonds. The number of carbonyl (C=O) groups excluding carboxylic acids is 1. The number of likely N-dealkylation sites (N-methyl/N-ethyl adjacent to an activating group) is 1. The number of methoxy groups -OCH3 is 1. The number of fused-ring (bicyclic) bond motifs is 1. The molecule has 1 heterocycles. The summed E-state index contributed by atoms with van der Waals surface area (Å²) in [5.41, 5.74) is 2.83. The second-order valence-electron chi connectivity index (χ2n) is 5.81. The van der Waals surface area contributed by atoms with E-state index in [1.165, 1.54) is 0 Å². The Morgan fingerprint density at radius 1 is 1.29 bits per heavy atom. The molecule has 0 saturated carbocycles. The Morgan fingerprint density at radius 2 is 2.12 bits per heavy atom. The molecule has 0 saturated heterocycles. The highest BCUT2D eigenvalue weighted by molar-refractivity contribution is 5.91. The van der Waals surface area contributed by atoms with Gasteiger partial charge in [-0.15, -0.1) is 0 Å². The molecule has 3 rings (SSSR count). The number of benzene rings is 2. The topological polar surface area (TPSA) is 50.8 Å². The second-order valence-corrected chi connectivity index (χ2v) is 5.81. The highest BCUT2D eigenvalue weighted by Crippen LogP contribution is 2.33. The fraction of sp³-hybridized carbons (Fsp3) is 0.316. The number of ether oxygens (including phenoxy) is 2. The Hall–Kier alpha value is -2.69. The van der Waals surface area contributed by atoms with Crippen molar-refractivity contribution in [3.8, 4) is 11.5 Å². The van der Waals surface area contributed by atoms with E-state index in [2.05, 4.69) is 10.2 Å². The maximum Gasteiger partial charge on any atom is 0.224 e. The summed E-state index contributed by atoms with van der Waals surface area (Å²) in [6.45, 7) is 1.53. The predicted molar refractivity (Wildman–Crippen MR) is 95.2 cm³/mol. The fourth-order valence-corrected chi connectivity index (χ4v) is 2.81. The zero-order valence-electron chi connectivity index (χ0n) is 14.0. The summed E-state index contributed by atoms with van der Waals surface area (Å²) in [7, 11) is 3.67. The molecular weight excluding hydrogens is 304 g/mol. The van der Waals surface area contributed by atoms with Gasteiger partial charge in [0.2, 0.25) is 5.91 Å². The SMILES string of the molecule is COc1ccccc1CCC(=O)Nc1ccc2c(c1)N(C)CCO2. The van der Waals surface area contributed by atoms with Crippen molar-refractivity contribution >= 4 is 17.3 Å². The molecule has 0 aromatic heterocycles. The zero-order chi connectivity index (χ0) is 16.9. The molecule has 1 N–H and O–H groups in total. The van der Waals surface area contributed by atoms with Gasteiger partial charge < -0.3 is 19.7 Å². The van der Waals surface area contributed by atoms with Crippen LogP contribution < -0.4 is 19.7 Å². The van der Waals surface area contributed by atoms with Crippen molar-refractivity contribution in [3.05, 3.63) is 48.0 Å². The third-order valence-electron chi connectivity index (χ3n) is 4.15. The van der Waals surface area contributed by atoms with Crippen LogP contribution in [0.4, 0.5) is 11.4 Å². The fourth-order valence-electron chi connectivity index (χ4n) is 2.81. The van der Waals surface area contributed by atoms with Gasteiger partial charge in [0.25, 0.3) is 0 Å². The van der Waals surface area contributed by atoms with Crippen molar-refractivity contribution < 1.29 is 14.3 Å². The molecule has 2 aromatic carbocycles. The average molecular weight is 326 g/mol. The van der Waals surface area contributed by atoms with Gasteiger partial charge in [-0.1, -0.05) is 18.2 Å². The number of aryl methyl sites for hydroxylation is 1. The Morgan fingerprint density at radius 3 is 2.96 bits per heavy atom. The van der Waals surface area contributed by atoms with E-state index in [1.807, 2.05) is 49.5 Å². The number of nitrogens with one attached hydrogen (secondary N) is 1. The van der Waals surface area contributed by atoms with Crippen LogP contribution in [0, 0.1) is 0 Å². The van der Waals surface area contributed by atoms with Gasteiger partial charge in [0.05, 0.1) is 19.3 Å². The van der Waals surface area contributed by atoms with Crippen LogP contribution >= 0.6 is 0 Å². The minimum Gasteiger partial charge on any atom is -0.496 e. The Labute approximate surface area is 142 Å². The summed E-state index contributed by atoms with van der Waals surface area (Å²) >= 11 is 0. The van der Waals surface area contributed by atoms with Crippen LogP contribution in [0.1, 0.15) is 12.0 Å². The van der Waals surface area contributed by atoms with Crippen LogP contribution in [-0.4, -0.2) is 33.2 Å². The first-order valence-corrected chi connectivity index (χ1v) is 8.07. The quantitative estimate of drug-likeness (QED) is 0.917. The van der Waals surface area contributed by atoms with Crippen molar-refractivity contribution in [3.63, 3.8) is 0 Å². The van der Waals surface area contributed by atoms with Gasteiger partial charge in [-0.2, -0.15) is 0 Å². The lowest BCUT2D eigenvalue weighted by Crippen LogP contribution is -2.28. The third-order valence-corrected chi connectivity index (χ3v) is 4.15. The number of nitrogens with zero attached hydrogens (tertiary/aromatic N) is 1. The molecule has 5 heteroatoms. The summed E-state index contributed by atoms with van der Waals surface area (Å²) in [6, 6.07) is 13.5. The molecule has 1 aliphatic heterocycles. The van der Waals surface area contributed by atoms with Crippen molar-refractivity contribution in [2.45, 2.75) is 12.8 Å². The van der Waals surface area contributed by atoms with Crippen molar-refractivity contribution in [1.82, 2.24) is 0 Å². The number of hydrogen-bond donors (Lipinski definition) is 1. The Bertz CT molecular complexity index is 730. The molecule has 0 aliphatic carbocycles. The van der Waals surface area contributed by atoms with Crippen molar-refractivity contribution in [2.75, 3.05) is 37.5 Å². The standard InChI is InChI=1S/C19H22N2O3/c1-21-11-12-24-18-9-8-15(13-16(18)21)20-19(22)10-7-14-5-3-4-6-17(14)23-2/h3-6,8-9,13H,7,10-12H2,1-2H3,(H,20,22). The number of hydrogen-bond acceptors (Lipinski definition) is 4. The summed E-state index contributed by atoms with van der Waals surface area (Å²) in [6.07, 6.45) is 1.05. The second kappa shape index (κ2) is 7.25. The van der Waals surface area contributed by atoms with Crippen LogP contribution in [0.15, 0.2) is 42.5 Å². The van der Waals surface area contributed by atoms with Crippen LogP contribution in [0.5, 0.6) is 11.5 Å². The largest absolute Gasteiger partial charge is 0.496 e. The highest BCUT2D eigenvalue weighted by atomic mass is 16.5. The third kappa shape index (κ3) is 3.62. The van der Waals surface area contributed by atoms with Crippen molar-refractivity contribution in [2.24, 2.45) is 0 Å². The van der Waals surface area contributed by atoms with Crippen LogP contribution in [-0.2, 0) is 11.2 Å². The maximum atomic E-state index is 12.2. The molecule has 0 bridgehead atoms. The number of anilines is 2. The van der Waals surface area contributed by atoms with Gasteiger partial charge in [0, 0.05) is 19.2 Å². The van der Waals surface area contributed by atoms with Crippen molar-refractivity contribution in [1.29, 1.82) is 0 Å². The van der Waals surface area contributed by atoms with Gasteiger partial charge >= 0.3 is 0 Å². The first kappa shape index (κ1) is 16.2. The molecule has 0 radical (unpaired) electrons. The van der Waals surface area contributed by atoms with E-state index in [9.17, 15) is 4.79 Å². The summed E-state index contributed by atoms with van der Waals surface area (Å²) in [5.74, 6) is 1.66. The zero-order valence-corrected chi connectivity index (χ0v) is 14.0. The van der Waals surface area contributed by atoms with E-state index in [0.29, 0.717) is 19.4 Å². The number of rotatable bonds is 5. The maximum absolute atomic E-state index is 12.2. The molecule has 0 unspecified atom stereocenters. The molecule has 2 aromatic rings. The predicted octanol–water partition coefficient (Wildman–Crippen LogP) is 3.10. The molecule has 0 atom stereocenters. The lowest BCUT2D eigenvalue weighted by atomic mass is 10.1. The monoisotopic (exact) mass is 326 g/mol. The molecule has 5 nitrogen and oxygen atoms in total. The summed E-state index contributed by atoms with van der Waals surface area (Å²) in [5, 5.41) is 2.96. The molecule has 0 spiro atoms. The van der Waals surface area contributed by atoms with E-state index in [0.717, 1.165) is 35.0 Å². The molecule has 126 valence electrons. The molecular formula is C19H22N2O3. The van der Waals surface area contributed by atoms with Crippen LogP contribution in [0.25, 0.3) is 0 Å². The minimum absolute atomic E-state index is 0.0137. The average Bonchev–Trinajstić information content (AvgIpc) is 2.61. The van der Waals surface area contributed by atoms with Gasteiger partial charge in [0.1, 0.15) is 18.1 Å².